The number of anilines is 2. The van der Waals surface area contributed by atoms with Crippen LogP contribution in [0.25, 0.3) is 5.69 Å². The van der Waals surface area contributed by atoms with Gasteiger partial charge in [-0.3, -0.25) is 4.72 Å². The lowest BCUT2D eigenvalue weighted by Crippen LogP contribution is -2.14. The number of hydrogen-bond donors (Lipinski definition) is 2. The maximum Gasteiger partial charge on any atom is 0.264 e. The summed E-state index contributed by atoms with van der Waals surface area (Å²) in [4.78, 5) is 7.31. The average molecular weight is 330 g/mol. The molecule has 0 amide bonds. The second-order valence-corrected chi connectivity index (χ2v) is 6.52. The Morgan fingerprint density at radius 2 is 1.91 bits per heavy atom. The summed E-state index contributed by atoms with van der Waals surface area (Å²) in [5, 5.41) is 4.29. The second kappa shape index (κ2) is 5.69. The van der Waals surface area contributed by atoms with Crippen molar-refractivity contribution < 1.29 is 8.42 Å². The molecule has 0 saturated heterocycles. The SMILES string of the molecule is Cc1ccn(-c2cccc(NS(=O)(=O)c3cnc(N)nc3)c2)n1. The van der Waals surface area contributed by atoms with Crippen LogP contribution in [0, 0.1) is 6.92 Å². The van der Waals surface area contributed by atoms with Gasteiger partial charge in [0.05, 0.1) is 29.5 Å². The van der Waals surface area contributed by atoms with E-state index < -0.39 is 10.0 Å². The Bertz CT molecular complexity index is 934. The highest BCUT2D eigenvalue weighted by Crippen LogP contribution is 2.18. The zero-order chi connectivity index (χ0) is 16.4. The number of aromatic nitrogens is 4. The Kier molecular flexibility index (Phi) is 3.70. The summed E-state index contributed by atoms with van der Waals surface area (Å²) in [5.74, 6) is 0.0139. The van der Waals surface area contributed by atoms with E-state index in [4.69, 9.17) is 5.73 Å². The van der Waals surface area contributed by atoms with Crippen molar-refractivity contribution in [3.8, 4) is 5.69 Å². The first-order chi connectivity index (χ1) is 10.9. The van der Waals surface area contributed by atoms with Gasteiger partial charge in [0, 0.05) is 6.20 Å². The number of rotatable bonds is 4. The minimum absolute atomic E-state index is 0.0139. The van der Waals surface area contributed by atoms with Crippen molar-refractivity contribution in [1.82, 2.24) is 19.7 Å². The lowest BCUT2D eigenvalue weighted by molar-refractivity contribution is 0.600. The molecule has 0 atom stereocenters. The monoisotopic (exact) mass is 330 g/mol. The third kappa shape index (κ3) is 3.29. The normalized spacial score (nSPS) is 11.3. The van der Waals surface area contributed by atoms with E-state index in [1.807, 2.05) is 19.1 Å². The Morgan fingerprint density at radius 3 is 2.57 bits per heavy atom. The molecule has 0 aliphatic rings. The van der Waals surface area contributed by atoms with Crippen LogP contribution in [0.1, 0.15) is 5.69 Å². The fraction of sp³-hybridized carbons (Fsp3) is 0.0714. The van der Waals surface area contributed by atoms with Gasteiger partial charge in [0.25, 0.3) is 10.0 Å². The molecule has 0 fully saturated rings. The molecule has 0 radical (unpaired) electrons. The molecule has 3 N–H and O–H groups in total. The number of sulfonamides is 1. The minimum atomic E-state index is -3.78. The zero-order valence-corrected chi connectivity index (χ0v) is 13.0. The topological polar surface area (TPSA) is 116 Å². The number of nitrogen functional groups attached to an aromatic ring is 1. The number of benzene rings is 1. The maximum absolute atomic E-state index is 12.3. The Morgan fingerprint density at radius 1 is 1.17 bits per heavy atom. The van der Waals surface area contributed by atoms with Crippen LogP contribution in [0.15, 0.2) is 53.8 Å². The van der Waals surface area contributed by atoms with Gasteiger partial charge in [0.15, 0.2) is 0 Å². The van der Waals surface area contributed by atoms with Gasteiger partial charge in [-0.15, -0.1) is 0 Å². The fourth-order valence-electron chi connectivity index (χ4n) is 1.95. The molecule has 8 nitrogen and oxygen atoms in total. The Balaban J connectivity index is 1.89. The first-order valence-electron chi connectivity index (χ1n) is 6.67. The molecule has 0 bridgehead atoms. The van der Waals surface area contributed by atoms with Crippen LogP contribution in [-0.2, 0) is 10.0 Å². The van der Waals surface area contributed by atoms with Crippen molar-refractivity contribution in [1.29, 1.82) is 0 Å². The van der Waals surface area contributed by atoms with E-state index >= 15 is 0 Å². The highest BCUT2D eigenvalue weighted by atomic mass is 32.2. The van der Waals surface area contributed by atoms with E-state index in [1.54, 1.807) is 29.1 Å². The van der Waals surface area contributed by atoms with Crippen molar-refractivity contribution in [2.75, 3.05) is 10.5 Å². The standard InChI is InChI=1S/C14H14N6O2S/c1-10-5-6-20(18-10)12-4-2-3-11(7-12)19-23(21,22)13-8-16-14(15)17-9-13/h2-9,19H,1H3,(H2,15,16,17). The number of aryl methyl sites for hydroxylation is 1. The van der Waals surface area contributed by atoms with Gasteiger partial charge in [0.1, 0.15) is 4.90 Å². The van der Waals surface area contributed by atoms with Crippen LogP contribution in [0.4, 0.5) is 11.6 Å². The number of nitrogens with two attached hydrogens (primary N) is 1. The molecule has 2 aromatic heterocycles. The first-order valence-corrected chi connectivity index (χ1v) is 8.15. The number of hydrogen-bond acceptors (Lipinski definition) is 6. The summed E-state index contributed by atoms with van der Waals surface area (Å²) < 4.78 is 28.8. The quantitative estimate of drug-likeness (QED) is 0.746. The lowest BCUT2D eigenvalue weighted by Gasteiger charge is -2.09. The third-order valence-electron chi connectivity index (χ3n) is 3.04. The second-order valence-electron chi connectivity index (χ2n) is 4.83. The third-order valence-corrected chi connectivity index (χ3v) is 4.38. The van der Waals surface area contributed by atoms with E-state index in [2.05, 4.69) is 19.8 Å². The van der Waals surface area contributed by atoms with Crippen molar-refractivity contribution in [3.05, 3.63) is 54.6 Å². The number of nitrogens with zero attached hydrogens (tertiary/aromatic N) is 4. The van der Waals surface area contributed by atoms with E-state index in [0.717, 1.165) is 23.8 Å². The van der Waals surface area contributed by atoms with Gasteiger partial charge in [-0.25, -0.2) is 23.1 Å². The smallest absolute Gasteiger partial charge is 0.264 e. The summed E-state index contributed by atoms with van der Waals surface area (Å²) in [5.41, 5.74) is 7.38. The van der Waals surface area contributed by atoms with E-state index in [-0.39, 0.29) is 10.8 Å². The molecule has 23 heavy (non-hydrogen) atoms. The molecular formula is C14H14N6O2S. The van der Waals surface area contributed by atoms with Crippen LogP contribution in [0.5, 0.6) is 0 Å². The van der Waals surface area contributed by atoms with Crippen LogP contribution < -0.4 is 10.5 Å². The fourth-order valence-corrected chi connectivity index (χ4v) is 2.89. The van der Waals surface area contributed by atoms with E-state index in [9.17, 15) is 8.42 Å². The molecule has 2 heterocycles. The number of nitrogens with one attached hydrogen (secondary N) is 1. The summed E-state index contributed by atoms with van der Waals surface area (Å²) in [6, 6.07) is 8.76. The van der Waals surface area contributed by atoms with E-state index in [1.165, 1.54) is 0 Å². The summed E-state index contributed by atoms with van der Waals surface area (Å²) in [6.45, 7) is 1.88. The molecule has 9 heteroatoms. The molecule has 118 valence electrons. The Hall–Kier alpha value is -2.94. The zero-order valence-electron chi connectivity index (χ0n) is 12.2. The molecule has 0 saturated carbocycles. The van der Waals surface area contributed by atoms with Gasteiger partial charge in [-0.05, 0) is 31.2 Å². The first kappa shape index (κ1) is 15.0. The predicted molar refractivity (Wildman–Crippen MR) is 85.6 cm³/mol. The molecule has 3 aromatic rings. The van der Waals surface area contributed by atoms with Gasteiger partial charge in [-0.1, -0.05) is 6.07 Å². The molecule has 0 aliphatic heterocycles. The largest absolute Gasteiger partial charge is 0.368 e. The summed E-state index contributed by atoms with van der Waals surface area (Å²) in [7, 11) is -3.78. The van der Waals surface area contributed by atoms with Crippen molar-refractivity contribution in [3.63, 3.8) is 0 Å². The van der Waals surface area contributed by atoms with E-state index in [0.29, 0.717) is 5.69 Å². The average Bonchev–Trinajstić information content (AvgIpc) is 2.94. The lowest BCUT2D eigenvalue weighted by atomic mass is 10.3. The Labute approximate surface area is 133 Å². The molecule has 0 unspecified atom stereocenters. The van der Waals surface area contributed by atoms with Crippen LogP contribution in [-0.4, -0.2) is 28.2 Å². The van der Waals surface area contributed by atoms with Crippen molar-refractivity contribution in [2.24, 2.45) is 0 Å². The van der Waals surface area contributed by atoms with Gasteiger partial charge in [-0.2, -0.15) is 5.10 Å². The molecule has 3 rings (SSSR count). The minimum Gasteiger partial charge on any atom is -0.368 e. The van der Waals surface area contributed by atoms with Gasteiger partial charge < -0.3 is 5.73 Å². The predicted octanol–water partition coefficient (Wildman–Crippen LogP) is 1.35. The van der Waals surface area contributed by atoms with Crippen molar-refractivity contribution in [2.45, 2.75) is 11.8 Å². The summed E-state index contributed by atoms with van der Waals surface area (Å²) >= 11 is 0. The summed E-state index contributed by atoms with van der Waals surface area (Å²) in [6.07, 6.45) is 4.12. The molecule has 1 aromatic carbocycles. The van der Waals surface area contributed by atoms with Gasteiger partial charge in [0.2, 0.25) is 5.95 Å². The van der Waals surface area contributed by atoms with Crippen molar-refractivity contribution >= 4 is 21.7 Å². The molecule has 0 aliphatic carbocycles. The van der Waals surface area contributed by atoms with Crippen LogP contribution in [0.3, 0.4) is 0 Å². The highest BCUT2D eigenvalue weighted by Gasteiger charge is 2.15. The highest BCUT2D eigenvalue weighted by molar-refractivity contribution is 7.92. The maximum atomic E-state index is 12.3. The molecular weight excluding hydrogens is 316 g/mol. The van der Waals surface area contributed by atoms with Crippen LogP contribution in [0.2, 0.25) is 0 Å². The van der Waals surface area contributed by atoms with Crippen LogP contribution >= 0.6 is 0 Å². The van der Waals surface area contributed by atoms with Gasteiger partial charge >= 0.3 is 0 Å². The molecule has 0 spiro atoms.